The molecule has 1 rings (SSSR count). The molecule has 1 aromatic rings. The summed E-state index contributed by atoms with van der Waals surface area (Å²) in [4.78, 5) is 0. The van der Waals surface area contributed by atoms with E-state index in [2.05, 4.69) is 38.1 Å². The van der Waals surface area contributed by atoms with E-state index in [1.807, 2.05) is 0 Å². The standard InChI is InChI=1S/C16H26O2/c1-4-7-15(8-5-2)16-10-6-9-14(11-16)12-18-13-17-3/h6,9-11,15H,4-5,7-8,12-13H2,1-3H3. The van der Waals surface area contributed by atoms with Crippen molar-refractivity contribution >= 4 is 0 Å². The van der Waals surface area contributed by atoms with E-state index >= 15 is 0 Å². The molecule has 0 atom stereocenters. The van der Waals surface area contributed by atoms with Gasteiger partial charge in [-0.05, 0) is 29.9 Å². The second kappa shape index (κ2) is 9.12. The molecule has 0 heterocycles. The van der Waals surface area contributed by atoms with Gasteiger partial charge in [-0.1, -0.05) is 51.0 Å². The molecule has 0 N–H and O–H groups in total. The van der Waals surface area contributed by atoms with Crippen LogP contribution in [-0.2, 0) is 16.1 Å². The van der Waals surface area contributed by atoms with Gasteiger partial charge in [0.1, 0.15) is 6.79 Å². The van der Waals surface area contributed by atoms with Crippen molar-refractivity contribution in [2.75, 3.05) is 13.9 Å². The Morgan fingerprint density at radius 2 is 1.83 bits per heavy atom. The average Bonchev–Trinajstić information content (AvgIpc) is 2.39. The summed E-state index contributed by atoms with van der Waals surface area (Å²) in [6, 6.07) is 8.79. The zero-order valence-corrected chi connectivity index (χ0v) is 11.9. The lowest BCUT2D eigenvalue weighted by atomic mass is 9.89. The van der Waals surface area contributed by atoms with Crippen LogP contribution in [0.4, 0.5) is 0 Å². The molecule has 0 aliphatic heterocycles. The minimum absolute atomic E-state index is 0.359. The predicted octanol–water partition coefficient (Wildman–Crippen LogP) is 4.49. The van der Waals surface area contributed by atoms with Gasteiger partial charge in [0.25, 0.3) is 0 Å². The van der Waals surface area contributed by atoms with Gasteiger partial charge in [-0.25, -0.2) is 0 Å². The highest BCUT2D eigenvalue weighted by Gasteiger charge is 2.09. The van der Waals surface area contributed by atoms with Crippen LogP contribution in [0.3, 0.4) is 0 Å². The first-order valence-corrected chi connectivity index (χ1v) is 6.97. The molecule has 102 valence electrons. The van der Waals surface area contributed by atoms with Gasteiger partial charge in [0.15, 0.2) is 0 Å². The molecule has 0 aliphatic carbocycles. The van der Waals surface area contributed by atoms with E-state index in [1.165, 1.54) is 36.8 Å². The third-order valence-corrected chi connectivity index (χ3v) is 3.17. The monoisotopic (exact) mass is 250 g/mol. The zero-order chi connectivity index (χ0) is 13.2. The third-order valence-electron chi connectivity index (χ3n) is 3.17. The maximum absolute atomic E-state index is 5.40. The molecule has 0 saturated carbocycles. The lowest BCUT2D eigenvalue weighted by molar-refractivity contribution is -0.0390. The zero-order valence-electron chi connectivity index (χ0n) is 11.9. The molecular formula is C16H26O2. The average molecular weight is 250 g/mol. The first-order valence-electron chi connectivity index (χ1n) is 6.97. The molecule has 0 spiro atoms. The quantitative estimate of drug-likeness (QED) is 0.475. The fourth-order valence-electron chi connectivity index (χ4n) is 2.35. The van der Waals surface area contributed by atoms with Crippen molar-refractivity contribution in [1.29, 1.82) is 0 Å². The van der Waals surface area contributed by atoms with Crippen LogP contribution in [0.25, 0.3) is 0 Å². The number of hydrogen-bond acceptors (Lipinski definition) is 2. The summed E-state index contributed by atoms with van der Waals surface area (Å²) in [6.07, 6.45) is 5.04. The van der Waals surface area contributed by atoms with Crippen LogP contribution >= 0.6 is 0 Å². The Hall–Kier alpha value is -0.860. The summed E-state index contributed by atoms with van der Waals surface area (Å²) < 4.78 is 10.3. The summed E-state index contributed by atoms with van der Waals surface area (Å²) in [5.74, 6) is 0.697. The Labute approximate surface area is 111 Å². The van der Waals surface area contributed by atoms with Crippen molar-refractivity contribution in [2.24, 2.45) is 0 Å². The van der Waals surface area contributed by atoms with Gasteiger partial charge in [-0.3, -0.25) is 0 Å². The summed E-state index contributed by atoms with van der Waals surface area (Å²) >= 11 is 0. The highest BCUT2D eigenvalue weighted by molar-refractivity contribution is 5.26. The second-order valence-corrected chi connectivity index (χ2v) is 4.77. The molecule has 18 heavy (non-hydrogen) atoms. The van der Waals surface area contributed by atoms with Crippen molar-refractivity contribution in [1.82, 2.24) is 0 Å². The smallest absolute Gasteiger partial charge is 0.146 e. The molecule has 0 amide bonds. The summed E-state index contributed by atoms with van der Waals surface area (Å²) in [7, 11) is 1.65. The Balaban J connectivity index is 2.65. The predicted molar refractivity (Wildman–Crippen MR) is 75.7 cm³/mol. The molecule has 0 radical (unpaired) electrons. The first-order chi connectivity index (χ1) is 8.81. The van der Waals surface area contributed by atoms with E-state index in [4.69, 9.17) is 9.47 Å². The second-order valence-electron chi connectivity index (χ2n) is 4.77. The number of rotatable bonds is 9. The molecule has 1 aromatic carbocycles. The molecule has 2 nitrogen and oxygen atoms in total. The Morgan fingerprint density at radius 3 is 2.44 bits per heavy atom. The molecule has 0 bridgehead atoms. The fraction of sp³-hybridized carbons (Fsp3) is 0.625. The molecule has 0 aliphatic rings. The van der Waals surface area contributed by atoms with Crippen LogP contribution < -0.4 is 0 Å². The molecule has 0 unspecified atom stereocenters. The van der Waals surface area contributed by atoms with E-state index in [0.29, 0.717) is 19.3 Å². The molecule has 0 saturated heterocycles. The highest BCUT2D eigenvalue weighted by Crippen LogP contribution is 2.27. The number of benzene rings is 1. The van der Waals surface area contributed by atoms with Crippen LogP contribution in [0.15, 0.2) is 24.3 Å². The van der Waals surface area contributed by atoms with E-state index in [0.717, 1.165) is 0 Å². The van der Waals surface area contributed by atoms with Crippen LogP contribution in [0.5, 0.6) is 0 Å². The van der Waals surface area contributed by atoms with E-state index < -0.39 is 0 Å². The molecule has 0 aromatic heterocycles. The van der Waals surface area contributed by atoms with Crippen molar-refractivity contribution < 1.29 is 9.47 Å². The van der Waals surface area contributed by atoms with Crippen molar-refractivity contribution in [3.05, 3.63) is 35.4 Å². The van der Waals surface area contributed by atoms with Crippen LogP contribution in [0.1, 0.15) is 56.6 Å². The first kappa shape index (κ1) is 15.2. The summed E-state index contributed by atoms with van der Waals surface area (Å²) in [5.41, 5.74) is 2.69. The van der Waals surface area contributed by atoms with Crippen molar-refractivity contribution in [3.63, 3.8) is 0 Å². The molecule has 2 heteroatoms. The Bertz CT molecular complexity index is 317. The summed E-state index contributed by atoms with van der Waals surface area (Å²) in [6.45, 7) is 5.51. The van der Waals surface area contributed by atoms with Gasteiger partial charge in [-0.15, -0.1) is 0 Å². The lowest BCUT2D eigenvalue weighted by Gasteiger charge is -2.16. The van der Waals surface area contributed by atoms with Gasteiger partial charge in [0, 0.05) is 7.11 Å². The minimum atomic E-state index is 0.359. The fourth-order valence-corrected chi connectivity index (χ4v) is 2.35. The van der Waals surface area contributed by atoms with E-state index in [9.17, 15) is 0 Å². The van der Waals surface area contributed by atoms with Gasteiger partial charge < -0.3 is 9.47 Å². The molecule has 0 fully saturated rings. The topological polar surface area (TPSA) is 18.5 Å². The van der Waals surface area contributed by atoms with Crippen molar-refractivity contribution in [2.45, 2.75) is 52.1 Å². The number of methoxy groups -OCH3 is 1. The third kappa shape index (κ3) is 5.19. The normalized spacial score (nSPS) is 11.1. The summed E-state index contributed by atoms with van der Waals surface area (Å²) in [5, 5.41) is 0. The lowest BCUT2D eigenvalue weighted by Crippen LogP contribution is -2.01. The van der Waals surface area contributed by atoms with Crippen LogP contribution in [-0.4, -0.2) is 13.9 Å². The van der Waals surface area contributed by atoms with Crippen molar-refractivity contribution in [3.8, 4) is 0 Å². The maximum atomic E-state index is 5.40. The van der Waals surface area contributed by atoms with Gasteiger partial charge in [-0.2, -0.15) is 0 Å². The molecular weight excluding hydrogens is 224 g/mol. The minimum Gasteiger partial charge on any atom is -0.359 e. The van der Waals surface area contributed by atoms with Gasteiger partial charge >= 0.3 is 0 Å². The van der Waals surface area contributed by atoms with Crippen LogP contribution in [0, 0.1) is 0 Å². The van der Waals surface area contributed by atoms with Crippen LogP contribution in [0.2, 0.25) is 0 Å². The highest BCUT2D eigenvalue weighted by atomic mass is 16.7. The number of hydrogen-bond donors (Lipinski definition) is 0. The van der Waals surface area contributed by atoms with E-state index in [1.54, 1.807) is 7.11 Å². The van der Waals surface area contributed by atoms with Gasteiger partial charge in [0.05, 0.1) is 6.61 Å². The van der Waals surface area contributed by atoms with Gasteiger partial charge in [0.2, 0.25) is 0 Å². The maximum Gasteiger partial charge on any atom is 0.146 e. The van der Waals surface area contributed by atoms with E-state index in [-0.39, 0.29) is 0 Å². The largest absolute Gasteiger partial charge is 0.359 e. The number of ether oxygens (including phenoxy) is 2. The Morgan fingerprint density at radius 1 is 1.11 bits per heavy atom. The SMILES string of the molecule is CCCC(CCC)c1cccc(COCOC)c1. The Kier molecular flexibility index (Phi) is 7.70.